The van der Waals surface area contributed by atoms with E-state index in [1.54, 1.807) is 0 Å². The van der Waals surface area contributed by atoms with Crippen LogP contribution in [0.3, 0.4) is 0 Å². The summed E-state index contributed by atoms with van der Waals surface area (Å²) in [7, 11) is 0. The minimum atomic E-state index is -0.121. The minimum Gasteiger partial charge on any atom is -0.491 e. The molecule has 0 spiro atoms. The van der Waals surface area contributed by atoms with Crippen molar-refractivity contribution in [3.05, 3.63) is 29.3 Å². The van der Waals surface area contributed by atoms with Crippen LogP contribution in [0.25, 0.3) is 0 Å². The molecule has 4 rings (SSSR count). The van der Waals surface area contributed by atoms with Crippen molar-refractivity contribution in [1.29, 1.82) is 0 Å². The van der Waals surface area contributed by atoms with Crippen LogP contribution in [-0.4, -0.2) is 57.5 Å². The molecule has 0 unspecified atom stereocenters. The van der Waals surface area contributed by atoms with E-state index in [9.17, 15) is 5.11 Å². The number of rotatable bonds is 13. The predicted octanol–water partition coefficient (Wildman–Crippen LogP) is 5.77. The smallest absolute Gasteiger partial charge is 0.119 e. The third kappa shape index (κ3) is 6.06. The summed E-state index contributed by atoms with van der Waals surface area (Å²) in [5.41, 5.74) is 3.39. The second kappa shape index (κ2) is 11.9. The molecule has 2 fully saturated rings. The van der Waals surface area contributed by atoms with Gasteiger partial charge in [-0.3, -0.25) is 0 Å². The molecule has 0 amide bonds. The summed E-state index contributed by atoms with van der Waals surface area (Å²) in [4.78, 5) is 0. The normalized spacial score (nSPS) is 31.8. The van der Waals surface area contributed by atoms with Crippen molar-refractivity contribution < 1.29 is 24.1 Å². The van der Waals surface area contributed by atoms with Crippen LogP contribution in [0.4, 0.5) is 0 Å². The van der Waals surface area contributed by atoms with Crippen molar-refractivity contribution in [2.75, 3.05) is 46.2 Å². The Morgan fingerprint density at radius 2 is 1.54 bits per heavy atom. The van der Waals surface area contributed by atoms with Gasteiger partial charge in [-0.25, -0.2) is 0 Å². The Morgan fingerprint density at radius 1 is 0.857 bits per heavy atom. The predicted molar refractivity (Wildman–Crippen MR) is 139 cm³/mol. The Morgan fingerprint density at radius 3 is 2.26 bits per heavy atom. The summed E-state index contributed by atoms with van der Waals surface area (Å²) >= 11 is 0. The van der Waals surface area contributed by atoms with E-state index in [2.05, 4.69) is 45.9 Å². The van der Waals surface area contributed by atoms with Gasteiger partial charge in [0.2, 0.25) is 0 Å². The first-order chi connectivity index (χ1) is 16.8. The van der Waals surface area contributed by atoms with Gasteiger partial charge in [0.1, 0.15) is 12.4 Å². The third-order valence-corrected chi connectivity index (χ3v) is 9.35. The molecule has 0 saturated heterocycles. The van der Waals surface area contributed by atoms with Crippen LogP contribution >= 0.6 is 0 Å². The molecule has 1 aromatic rings. The molecule has 3 aliphatic carbocycles. The maximum Gasteiger partial charge on any atom is 0.119 e. The van der Waals surface area contributed by atoms with Gasteiger partial charge in [0, 0.05) is 6.61 Å². The lowest BCUT2D eigenvalue weighted by Crippen LogP contribution is -2.50. The zero-order valence-electron chi connectivity index (χ0n) is 22.5. The van der Waals surface area contributed by atoms with Crippen LogP contribution in [-0.2, 0) is 20.6 Å². The first kappa shape index (κ1) is 26.9. The average molecular weight is 489 g/mol. The standard InChI is InChI=1S/C30H48O5/c1-22(2)11-14-32-15-16-33-17-18-34-19-20-35-24-5-6-25-23(21-24)9-12-29(3)26(25)10-13-30(4)27(29)7-8-28(30)31/h5-6,21-22,26-28,31H,7-20H2,1-4H3/t26-,27+,28+,29-,30+/m1/s1. The number of benzene rings is 1. The summed E-state index contributed by atoms with van der Waals surface area (Å²) in [5.74, 6) is 2.86. The monoisotopic (exact) mass is 488 g/mol. The van der Waals surface area contributed by atoms with Crippen molar-refractivity contribution in [3.63, 3.8) is 0 Å². The van der Waals surface area contributed by atoms with Crippen LogP contribution in [0.2, 0.25) is 0 Å². The van der Waals surface area contributed by atoms with E-state index in [1.165, 1.54) is 30.4 Å². The van der Waals surface area contributed by atoms with E-state index in [4.69, 9.17) is 18.9 Å². The maximum atomic E-state index is 10.7. The Hall–Kier alpha value is -1.14. The second-order valence-corrected chi connectivity index (χ2v) is 12.0. The summed E-state index contributed by atoms with van der Waals surface area (Å²) < 4.78 is 22.8. The van der Waals surface area contributed by atoms with Gasteiger partial charge in [0.25, 0.3) is 0 Å². The third-order valence-electron chi connectivity index (χ3n) is 9.35. The van der Waals surface area contributed by atoms with Gasteiger partial charge in [0.05, 0.1) is 39.1 Å². The lowest BCUT2D eigenvalue weighted by molar-refractivity contribution is -0.0666. The number of aliphatic hydroxyl groups excluding tert-OH is 1. The first-order valence-corrected chi connectivity index (χ1v) is 14.0. The quantitative estimate of drug-likeness (QED) is 0.357. The lowest BCUT2D eigenvalue weighted by atomic mass is 9.48. The van der Waals surface area contributed by atoms with Crippen LogP contribution in [0, 0.1) is 22.7 Å². The van der Waals surface area contributed by atoms with Crippen LogP contribution in [0.1, 0.15) is 83.3 Å². The van der Waals surface area contributed by atoms with Crippen molar-refractivity contribution in [1.82, 2.24) is 0 Å². The molecule has 0 bridgehead atoms. The Labute approximate surface area is 212 Å². The largest absolute Gasteiger partial charge is 0.491 e. The Kier molecular flexibility index (Phi) is 9.18. The molecule has 0 heterocycles. The summed E-state index contributed by atoms with van der Waals surface area (Å²) in [6, 6.07) is 6.72. The number of hydrogen-bond donors (Lipinski definition) is 1. The fraction of sp³-hybridized carbons (Fsp3) is 0.800. The van der Waals surface area contributed by atoms with E-state index < -0.39 is 0 Å². The summed E-state index contributed by atoms with van der Waals surface area (Å²) in [6.07, 6.45) is 7.78. The highest BCUT2D eigenvalue weighted by atomic mass is 16.6. The molecule has 2 saturated carbocycles. The van der Waals surface area contributed by atoms with Gasteiger partial charge < -0.3 is 24.1 Å². The zero-order valence-corrected chi connectivity index (χ0v) is 22.5. The fourth-order valence-corrected chi connectivity index (χ4v) is 7.24. The molecule has 5 atom stereocenters. The average Bonchev–Trinajstić information content (AvgIpc) is 3.14. The molecule has 35 heavy (non-hydrogen) atoms. The SMILES string of the molecule is CC(C)CCOCCOCCOCCOc1ccc2c(c1)CC[C@@]1(C)[C@@H]3CC[C@H](O)[C@@]3(C)CC[C@H]21. The molecule has 5 heteroatoms. The van der Waals surface area contributed by atoms with Gasteiger partial charge in [0.15, 0.2) is 0 Å². The number of hydrogen-bond acceptors (Lipinski definition) is 5. The van der Waals surface area contributed by atoms with Crippen LogP contribution in [0.15, 0.2) is 18.2 Å². The highest BCUT2D eigenvalue weighted by Gasteiger charge is 2.59. The van der Waals surface area contributed by atoms with Crippen molar-refractivity contribution >= 4 is 0 Å². The van der Waals surface area contributed by atoms with E-state index in [0.717, 1.165) is 38.0 Å². The second-order valence-electron chi connectivity index (χ2n) is 12.0. The highest BCUT2D eigenvalue weighted by molar-refractivity contribution is 5.42. The van der Waals surface area contributed by atoms with Gasteiger partial charge in [-0.05, 0) is 96.8 Å². The molecule has 0 aliphatic heterocycles. The topological polar surface area (TPSA) is 57.2 Å². The Balaban J connectivity index is 1.16. The van der Waals surface area contributed by atoms with Crippen molar-refractivity contribution in [2.24, 2.45) is 22.7 Å². The molecule has 0 radical (unpaired) electrons. The number of fused-ring (bicyclic) bond motifs is 5. The zero-order chi connectivity index (χ0) is 24.9. The summed E-state index contributed by atoms with van der Waals surface area (Å²) in [6.45, 7) is 13.6. The molecule has 1 N–H and O–H groups in total. The molecule has 0 aromatic heterocycles. The van der Waals surface area contributed by atoms with Crippen molar-refractivity contribution in [2.45, 2.75) is 84.7 Å². The van der Waals surface area contributed by atoms with Gasteiger partial charge in [-0.1, -0.05) is 33.8 Å². The molecule has 5 nitrogen and oxygen atoms in total. The molecule has 198 valence electrons. The van der Waals surface area contributed by atoms with Crippen molar-refractivity contribution in [3.8, 4) is 5.75 Å². The van der Waals surface area contributed by atoms with Crippen LogP contribution < -0.4 is 4.74 Å². The molecule has 1 aromatic carbocycles. The van der Waals surface area contributed by atoms with E-state index >= 15 is 0 Å². The molecule has 3 aliphatic rings. The van der Waals surface area contributed by atoms with E-state index in [-0.39, 0.29) is 11.5 Å². The van der Waals surface area contributed by atoms with E-state index in [0.29, 0.717) is 62.8 Å². The molecular formula is C30H48O5. The number of ether oxygens (including phenoxy) is 4. The highest BCUT2D eigenvalue weighted by Crippen LogP contribution is 2.66. The van der Waals surface area contributed by atoms with E-state index in [1.807, 2.05) is 0 Å². The number of aryl methyl sites for hydroxylation is 1. The molecular weight excluding hydrogens is 440 g/mol. The van der Waals surface area contributed by atoms with Gasteiger partial charge in [-0.15, -0.1) is 0 Å². The minimum absolute atomic E-state index is 0.109. The van der Waals surface area contributed by atoms with Gasteiger partial charge in [-0.2, -0.15) is 0 Å². The van der Waals surface area contributed by atoms with Crippen LogP contribution in [0.5, 0.6) is 5.75 Å². The summed E-state index contributed by atoms with van der Waals surface area (Å²) in [5, 5.41) is 10.7. The maximum absolute atomic E-state index is 10.7. The fourth-order valence-electron chi connectivity index (χ4n) is 7.24. The Bertz CT molecular complexity index is 810. The van der Waals surface area contributed by atoms with Gasteiger partial charge >= 0.3 is 0 Å². The lowest BCUT2D eigenvalue weighted by Gasteiger charge is -2.57. The first-order valence-electron chi connectivity index (χ1n) is 14.0. The number of aliphatic hydroxyl groups is 1.